The first kappa shape index (κ1) is 14.3. The summed E-state index contributed by atoms with van der Waals surface area (Å²) < 4.78 is 6.18. The van der Waals surface area contributed by atoms with Crippen LogP contribution in [-0.4, -0.2) is 25.8 Å². The molecule has 1 aromatic rings. The molecule has 0 bridgehead atoms. The first-order valence-corrected chi connectivity index (χ1v) is 8.75. The van der Waals surface area contributed by atoms with E-state index in [1.165, 1.54) is 31.2 Å². The van der Waals surface area contributed by atoms with E-state index in [1.807, 2.05) is 6.07 Å². The molecule has 2 aliphatic carbocycles. The number of rotatable bonds is 4. The molecule has 1 aliphatic heterocycles. The number of ether oxygens (including phenoxy) is 1. The molecule has 2 nitrogen and oxygen atoms in total. The third kappa shape index (κ3) is 2.31. The molecule has 0 spiro atoms. The largest absolute Gasteiger partial charge is 0.378 e. The zero-order valence-corrected chi connectivity index (χ0v) is 13.6. The van der Waals surface area contributed by atoms with Gasteiger partial charge in [0.2, 0.25) is 0 Å². The second kappa shape index (κ2) is 5.42. The number of nitrogens with one attached hydrogen (secondary N) is 1. The highest BCUT2D eigenvalue weighted by atomic mass is 35.5. The van der Waals surface area contributed by atoms with Crippen LogP contribution in [0.3, 0.4) is 0 Å². The van der Waals surface area contributed by atoms with Gasteiger partial charge >= 0.3 is 0 Å². The van der Waals surface area contributed by atoms with Crippen molar-refractivity contribution in [3.8, 4) is 0 Å². The highest BCUT2D eigenvalue weighted by Crippen LogP contribution is 2.62. The Kier molecular flexibility index (Phi) is 3.69. The van der Waals surface area contributed by atoms with Crippen LogP contribution in [0.25, 0.3) is 0 Å². The van der Waals surface area contributed by atoms with Gasteiger partial charge in [-0.1, -0.05) is 42.1 Å². The van der Waals surface area contributed by atoms with E-state index in [4.69, 9.17) is 27.9 Å². The van der Waals surface area contributed by atoms with Crippen LogP contribution in [-0.2, 0) is 10.2 Å². The zero-order chi connectivity index (χ0) is 14.4. The van der Waals surface area contributed by atoms with Gasteiger partial charge in [0, 0.05) is 12.0 Å². The van der Waals surface area contributed by atoms with Crippen molar-refractivity contribution in [2.24, 2.45) is 11.8 Å². The molecular weight excluding hydrogens is 305 g/mol. The van der Waals surface area contributed by atoms with E-state index in [0.29, 0.717) is 28.0 Å². The summed E-state index contributed by atoms with van der Waals surface area (Å²) in [6.07, 6.45) is 5.66. The second-order valence-electron chi connectivity index (χ2n) is 6.75. The van der Waals surface area contributed by atoms with Gasteiger partial charge in [0.1, 0.15) is 0 Å². The van der Waals surface area contributed by atoms with Crippen molar-refractivity contribution in [2.45, 2.75) is 37.2 Å². The highest BCUT2D eigenvalue weighted by molar-refractivity contribution is 6.42. The third-order valence-corrected chi connectivity index (χ3v) is 6.49. The summed E-state index contributed by atoms with van der Waals surface area (Å²) in [4.78, 5) is 0. The summed E-state index contributed by atoms with van der Waals surface area (Å²) >= 11 is 12.3. The molecule has 2 saturated carbocycles. The smallest absolute Gasteiger partial charge is 0.0595 e. The third-order valence-electron chi connectivity index (χ3n) is 5.75. The minimum absolute atomic E-state index is 0.229. The summed E-state index contributed by atoms with van der Waals surface area (Å²) in [5, 5.41) is 4.82. The molecule has 0 radical (unpaired) electrons. The van der Waals surface area contributed by atoms with E-state index in [0.717, 1.165) is 19.7 Å². The molecule has 1 saturated heterocycles. The standard InChI is InChI=1S/C17H21Cl2NO/c18-15-6-5-11(7-16(15)19)17-10-20-8-13(17)14(17)9-21-12-3-1-2-4-12/h5-7,12-14,20H,1-4,8-10H2/t13-,14-,17+/m1/s1. The fraction of sp³-hybridized carbons (Fsp3) is 0.647. The van der Waals surface area contributed by atoms with Crippen LogP contribution in [0.5, 0.6) is 0 Å². The lowest BCUT2D eigenvalue weighted by Crippen LogP contribution is -2.26. The first-order valence-electron chi connectivity index (χ1n) is 7.99. The van der Waals surface area contributed by atoms with Gasteiger partial charge in [-0.15, -0.1) is 0 Å². The molecule has 21 heavy (non-hydrogen) atoms. The Morgan fingerprint density at radius 3 is 2.76 bits per heavy atom. The Labute approximate surface area is 136 Å². The molecule has 1 heterocycles. The number of fused-ring (bicyclic) bond motifs is 1. The maximum absolute atomic E-state index is 6.22. The molecule has 3 aliphatic rings. The van der Waals surface area contributed by atoms with Gasteiger partial charge in [0.15, 0.2) is 0 Å². The van der Waals surface area contributed by atoms with E-state index < -0.39 is 0 Å². The molecule has 3 atom stereocenters. The van der Waals surface area contributed by atoms with Crippen LogP contribution in [0, 0.1) is 11.8 Å². The van der Waals surface area contributed by atoms with Crippen molar-refractivity contribution in [1.29, 1.82) is 0 Å². The fourth-order valence-corrected chi connectivity index (χ4v) is 4.80. The van der Waals surface area contributed by atoms with E-state index in [2.05, 4.69) is 17.4 Å². The number of benzene rings is 1. The Morgan fingerprint density at radius 1 is 1.19 bits per heavy atom. The predicted octanol–water partition coefficient (Wildman–Crippen LogP) is 4.04. The van der Waals surface area contributed by atoms with Crippen molar-refractivity contribution in [2.75, 3.05) is 19.7 Å². The minimum Gasteiger partial charge on any atom is -0.378 e. The summed E-state index contributed by atoms with van der Waals surface area (Å²) in [5.41, 5.74) is 1.55. The number of hydrogen-bond acceptors (Lipinski definition) is 2. The van der Waals surface area contributed by atoms with Gasteiger partial charge in [-0.05, 0) is 48.9 Å². The quantitative estimate of drug-likeness (QED) is 0.902. The Bertz CT molecular complexity index is 544. The number of hydrogen-bond donors (Lipinski definition) is 1. The average Bonchev–Trinajstić information content (AvgIpc) is 2.93. The van der Waals surface area contributed by atoms with Crippen LogP contribution < -0.4 is 5.32 Å². The number of piperidine rings is 1. The van der Waals surface area contributed by atoms with Crippen LogP contribution in [0.2, 0.25) is 10.0 Å². The summed E-state index contributed by atoms with van der Waals surface area (Å²) in [5.74, 6) is 1.33. The van der Waals surface area contributed by atoms with Crippen LogP contribution in [0.4, 0.5) is 0 Å². The van der Waals surface area contributed by atoms with Gasteiger partial charge in [0.25, 0.3) is 0 Å². The van der Waals surface area contributed by atoms with Gasteiger partial charge in [-0.25, -0.2) is 0 Å². The van der Waals surface area contributed by atoms with Crippen molar-refractivity contribution in [3.63, 3.8) is 0 Å². The fourth-order valence-electron chi connectivity index (χ4n) is 4.50. The minimum atomic E-state index is 0.229. The maximum Gasteiger partial charge on any atom is 0.0595 e. The van der Waals surface area contributed by atoms with Crippen molar-refractivity contribution in [3.05, 3.63) is 33.8 Å². The summed E-state index contributed by atoms with van der Waals surface area (Å²) in [6.45, 7) is 3.03. The molecule has 1 N–H and O–H groups in total. The lowest BCUT2D eigenvalue weighted by Gasteiger charge is -2.18. The molecule has 4 heteroatoms. The van der Waals surface area contributed by atoms with Crippen LogP contribution in [0.1, 0.15) is 31.2 Å². The SMILES string of the molecule is Clc1ccc([C@@]23CNC[C@@H]2[C@H]3COC2CCCC2)cc1Cl. The van der Waals surface area contributed by atoms with E-state index in [1.54, 1.807) is 0 Å². The highest BCUT2D eigenvalue weighted by Gasteiger charge is 2.67. The Balaban J connectivity index is 1.50. The van der Waals surface area contributed by atoms with Crippen LogP contribution >= 0.6 is 23.2 Å². The summed E-state index contributed by atoms with van der Waals surface area (Å²) in [7, 11) is 0. The molecule has 4 rings (SSSR count). The van der Waals surface area contributed by atoms with Gasteiger partial charge in [0.05, 0.1) is 22.8 Å². The lowest BCUT2D eigenvalue weighted by atomic mass is 9.93. The van der Waals surface area contributed by atoms with Crippen molar-refractivity contribution >= 4 is 23.2 Å². The molecule has 0 aromatic heterocycles. The topological polar surface area (TPSA) is 21.3 Å². The van der Waals surface area contributed by atoms with E-state index in [9.17, 15) is 0 Å². The van der Waals surface area contributed by atoms with Crippen molar-refractivity contribution in [1.82, 2.24) is 5.32 Å². The predicted molar refractivity (Wildman–Crippen MR) is 86.2 cm³/mol. The molecule has 0 amide bonds. The molecule has 114 valence electrons. The molecule has 3 fully saturated rings. The zero-order valence-electron chi connectivity index (χ0n) is 12.1. The monoisotopic (exact) mass is 325 g/mol. The molecular formula is C17H21Cl2NO. The second-order valence-corrected chi connectivity index (χ2v) is 7.57. The normalized spacial score (nSPS) is 35.1. The molecule has 1 aromatic carbocycles. The van der Waals surface area contributed by atoms with Gasteiger partial charge < -0.3 is 10.1 Å². The van der Waals surface area contributed by atoms with Gasteiger partial charge in [-0.2, -0.15) is 0 Å². The van der Waals surface area contributed by atoms with Crippen LogP contribution in [0.15, 0.2) is 18.2 Å². The maximum atomic E-state index is 6.22. The summed E-state index contributed by atoms with van der Waals surface area (Å²) in [6, 6.07) is 6.12. The Hall–Kier alpha value is -0.280. The van der Waals surface area contributed by atoms with Crippen molar-refractivity contribution < 1.29 is 4.74 Å². The van der Waals surface area contributed by atoms with E-state index in [-0.39, 0.29) is 5.41 Å². The lowest BCUT2D eigenvalue weighted by molar-refractivity contribution is 0.0445. The Morgan fingerprint density at radius 2 is 2.00 bits per heavy atom. The number of halogens is 2. The first-order chi connectivity index (χ1) is 10.2. The van der Waals surface area contributed by atoms with Gasteiger partial charge in [-0.3, -0.25) is 0 Å². The van der Waals surface area contributed by atoms with E-state index >= 15 is 0 Å². The average molecular weight is 326 g/mol. The molecule has 0 unspecified atom stereocenters.